The molecule has 1 aliphatic rings. The first-order valence-corrected chi connectivity index (χ1v) is 4.74. The molecule has 0 N–H and O–H groups in total. The van der Waals surface area contributed by atoms with Gasteiger partial charge in [-0.25, -0.2) is 9.97 Å². The standard InChI is InChI=1S/C9H6F6N2/c10-8(11,12)6-4-2-1-3-5(4)16-7(17-6)9(13,14)15/h1-3H2. The fourth-order valence-electron chi connectivity index (χ4n) is 1.79. The lowest BCUT2D eigenvalue weighted by molar-refractivity contribution is -0.153. The van der Waals surface area contributed by atoms with E-state index >= 15 is 0 Å². The molecule has 1 aliphatic carbocycles. The first-order valence-electron chi connectivity index (χ1n) is 4.74. The molecule has 2 rings (SSSR count). The molecule has 0 spiro atoms. The predicted molar refractivity (Wildman–Crippen MR) is 44.1 cm³/mol. The van der Waals surface area contributed by atoms with Gasteiger partial charge in [-0.2, -0.15) is 26.3 Å². The minimum Gasteiger partial charge on any atom is -0.229 e. The monoisotopic (exact) mass is 256 g/mol. The molecular formula is C9H6F6N2. The number of hydrogen-bond acceptors (Lipinski definition) is 2. The molecule has 1 aromatic rings. The Morgan fingerprint density at radius 1 is 0.824 bits per heavy atom. The smallest absolute Gasteiger partial charge is 0.229 e. The van der Waals surface area contributed by atoms with Gasteiger partial charge in [0, 0.05) is 11.3 Å². The molecule has 0 bridgehead atoms. The topological polar surface area (TPSA) is 25.8 Å². The van der Waals surface area contributed by atoms with E-state index in [9.17, 15) is 26.3 Å². The number of aryl methyl sites for hydroxylation is 1. The Kier molecular flexibility index (Phi) is 2.55. The molecule has 94 valence electrons. The van der Waals surface area contributed by atoms with E-state index in [0.29, 0.717) is 6.42 Å². The average molecular weight is 256 g/mol. The van der Waals surface area contributed by atoms with Crippen LogP contribution in [-0.4, -0.2) is 9.97 Å². The zero-order valence-electron chi connectivity index (χ0n) is 8.28. The number of halogens is 6. The van der Waals surface area contributed by atoms with Crippen LogP contribution in [0.4, 0.5) is 26.3 Å². The maximum atomic E-state index is 12.6. The van der Waals surface area contributed by atoms with Gasteiger partial charge in [0.2, 0.25) is 5.82 Å². The second kappa shape index (κ2) is 3.58. The molecule has 2 nitrogen and oxygen atoms in total. The highest BCUT2D eigenvalue weighted by molar-refractivity contribution is 5.32. The second-order valence-electron chi connectivity index (χ2n) is 3.67. The predicted octanol–water partition coefficient (Wildman–Crippen LogP) is 3.00. The van der Waals surface area contributed by atoms with Crippen LogP contribution in [0.15, 0.2) is 0 Å². The van der Waals surface area contributed by atoms with Crippen LogP contribution >= 0.6 is 0 Å². The fourth-order valence-corrected chi connectivity index (χ4v) is 1.79. The number of aromatic nitrogens is 2. The van der Waals surface area contributed by atoms with Crippen molar-refractivity contribution in [2.75, 3.05) is 0 Å². The molecular weight excluding hydrogens is 250 g/mol. The quantitative estimate of drug-likeness (QED) is 0.667. The van der Waals surface area contributed by atoms with Crippen LogP contribution in [0.1, 0.15) is 29.2 Å². The van der Waals surface area contributed by atoms with Gasteiger partial charge in [-0.15, -0.1) is 0 Å². The highest BCUT2D eigenvalue weighted by atomic mass is 19.4. The highest BCUT2D eigenvalue weighted by Crippen LogP contribution is 2.37. The molecule has 0 atom stereocenters. The summed E-state index contributed by atoms with van der Waals surface area (Å²) in [6.45, 7) is 0. The Labute approximate surface area is 91.7 Å². The zero-order valence-corrected chi connectivity index (χ0v) is 8.28. The molecule has 1 aromatic heterocycles. The largest absolute Gasteiger partial charge is 0.451 e. The van der Waals surface area contributed by atoms with Crippen molar-refractivity contribution in [2.45, 2.75) is 31.6 Å². The molecule has 1 heterocycles. The summed E-state index contributed by atoms with van der Waals surface area (Å²) < 4.78 is 74.7. The highest BCUT2D eigenvalue weighted by Gasteiger charge is 2.43. The van der Waals surface area contributed by atoms with Crippen molar-refractivity contribution < 1.29 is 26.3 Å². The Morgan fingerprint density at radius 2 is 1.47 bits per heavy atom. The van der Waals surface area contributed by atoms with Gasteiger partial charge in [0.15, 0.2) is 5.69 Å². The molecule has 0 unspecified atom stereocenters. The number of alkyl halides is 6. The van der Waals surface area contributed by atoms with Crippen molar-refractivity contribution in [3.8, 4) is 0 Å². The van der Waals surface area contributed by atoms with Gasteiger partial charge < -0.3 is 0 Å². The Morgan fingerprint density at radius 3 is 2.00 bits per heavy atom. The van der Waals surface area contributed by atoms with Crippen molar-refractivity contribution in [1.29, 1.82) is 0 Å². The van der Waals surface area contributed by atoms with Crippen molar-refractivity contribution in [3.63, 3.8) is 0 Å². The Bertz CT molecular complexity index is 448. The summed E-state index contributed by atoms with van der Waals surface area (Å²) in [7, 11) is 0. The van der Waals surface area contributed by atoms with Gasteiger partial charge in [0.05, 0.1) is 0 Å². The van der Waals surface area contributed by atoms with Crippen LogP contribution in [0.2, 0.25) is 0 Å². The van der Waals surface area contributed by atoms with Crippen LogP contribution in [-0.2, 0) is 25.2 Å². The molecule has 0 fully saturated rings. The Balaban J connectivity index is 2.62. The molecule has 0 aromatic carbocycles. The van der Waals surface area contributed by atoms with E-state index in [4.69, 9.17) is 0 Å². The normalized spacial score (nSPS) is 16.1. The SMILES string of the molecule is FC(F)(F)c1nc2c(c(C(F)(F)F)n1)CCC2. The Hall–Kier alpha value is -1.34. The fraction of sp³-hybridized carbons (Fsp3) is 0.556. The molecule has 0 amide bonds. The average Bonchev–Trinajstić information content (AvgIpc) is 2.59. The van der Waals surface area contributed by atoms with Gasteiger partial charge >= 0.3 is 12.4 Å². The third-order valence-electron chi connectivity index (χ3n) is 2.46. The van der Waals surface area contributed by atoms with Crippen LogP contribution in [0.3, 0.4) is 0 Å². The van der Waals surface area contributed by atoms with E-state index in [-0.39, 0.29) is 24.1 Å². The molecule has 0 saturated carbocycles. The number of hydrogen-bond donors (Lipinski definition) is 0. The van der Waals surface area contributed by atoms with Gasteiger partial charge in [0.1, 0.15) is 0 Å². The summed E-state index contributed by atoms with van der Waals surface area (Å²) in [4.78, 5) is 5.79. The first kappa shape index (κ1) is 12.1. The van der Waals surface area contributed by atoms with E-state index in [1.165, 1.54) is 0 Å². The van der Waals surface area contributed by atoms with Crippen LogP contribution in [0.5, 0.6) is 0 Å². The van der Waals surface area contributed by atoms with Gasteiger partial charge in [-0.1, -0.05) is 0 Å². The lowest BCUT2D eigenvalue weighted by Gasteiger charge is -2.13. The van der Waals surface area contributed by atoms with Gasteiger partial charge in [0.25, 0.3) is 0 Å². The van der Waals surface area contributed by atoms with Crippen LogP contribution in [0.25, 0.3) is 0 Å². The van der Waals surface area contributed by atoms with Crippen molar-refractivity contribution >= 4 is 0 Å². The van der Waals surface area contributed by atoms with E-state index in [0.717, 1.165) is 0 Å². The number of fused-ring (bicyclic) bond motifs is 1. The summed E-state index contributed by atoms with van der Waals surface area (Å²) in [5.41, 5.74) is -1.79. The third-order valence-corrected chi connectivity index (χ3v) is 2.46. The molecule has 8 heteroatoms. The second-order valence-corrected chi connectivity index (χ2v) is 3.67. The van der Waals surface area contributed by atoms with Crippen molar-refractivity contribution in [3.05, 3.63) is 22.8 Å². The van der Waals surface area contributed by atoms with Crippen molar-refractivity contribution in [2.24, 2.45) is 0 Å². The molecule has 0 saturated heterocycles. The zero-order chi connectivity index (χ0) is 12.8. The summed E-state index contributed by atoms with van der Waals surface area (Å²) in [6, 6.07) is 0. The van der Waals surface area contributed by atoms with Gasteiger partial charge in [-0.05, 0) is 19.3 Å². The summed E-state index contributed by atoms with van der Waals surface area (Å²) in [5, 5.41) is 0. The lowest BCUT2D eigenvalue weighted by Crippen LogP contribution is -2.20. The molecule has 0 radical (unpaired) electrons. The number of nitrogens with zero attached hydrogens (tertiary/aromatic N) is 2. The lowest BCUT2D eigenvalue weighted by atomic mass is 10.1. The van der Waals surface area contributed by atoms with E-state index in [1.54, 1.807) is 0 Å². The van der Waals surface area contributed by atoms with Gasteiger partial charge in [-0.3, -0.25) is 0 Å². The molecule has 17 heavy (non-hydrogen) atoms. The summed E-state index contributed by atoms with van der Waals surface area (Å²) in [6.07, 6.45) is -9.27. The van der Waals surface area contributed by atoms with E-state index in [2.05, 4.69) is 9.97 Å². The van der Waals surface area contributed by atoms with E-state index < -0.39 is 23.9 Å². The summed E-state index contributed by atoms with van der Waals surface area (Å²) in [5.74, 6) is -1.72. The van der Waals surface area contributed by atoms with E-state index in [1.807, 2.05) is 0 Å². The first-order chi connectivity index (χ1) is 7.69. The minimum atomic E-state index is -4.96. The molecule has 0 aliphatic heterocycles. The minimum absolute atomic E-state index is 0.0717. The third kappa shape index (κ3) is 2.20. The number of rotatable bonds is 0. The maximum absolute atomic E-state index is 12.6. The summed E-state index contributed by atoms with van der Waals surface area (Å²) >= 11 is 0. The van der Waals surface area contributed by atoms with Crippen LogP contribution in [0, 0.1) is 0 Å². The maximum Gasteiger partial charge on any atom is 0.451 e. The van der Waals surface area contributed by atoms with Crippen molar-refractivity contribution in [1.82, 2.24) is 9.97 Å². The van der Waals surface area contributed by atoms with Crippen LogP contribution < -0.4 is 0 Å².